The third kappa shape index (κ3) is 3.40. The summed E-state index contributed by atoms with van der Waals surface area (Å²) in [7, 11) is 0. The van der Waals surface area contributed by atoms with Crippen LogP contribution in [0, 0.1) is 11.3 Å². The molecule has 0 bridgehead atoms. The lowest BCUT2D eigenvalue weighted by molar-refractivity contribution is -0.160. The van der Waals surface area contributed by atoms with E-state index in [4.69, 9.17) is 10.00 Å². The van der Waals surface area contributed by atoms with Crippen LogP contribution in [0.5, 0.6) is 0 Å². The first-order chi connectivity index (χ1) is 12.3. The van der Waals surface area contributed by atoms with Crippen LogP contribution in [0.25, 0.3) is 0 Å². The molecule has 0 aromatic heterocycles. The normalized spacial score (nSPS) is 25.3. The number of hydrogen-bond donors (Lipinski definition) is 1. The lowest BCUT2D eigenvalue weighted by Crippen LogP contribution is -2.48. The van der Waals surface area contributed by atoms with Crippen LogP contribution in [0.3, 0.4) is 0 Å². The molecule has 2 saturated heterocycles. The number of esters is 1. The number of carbonyl (C=O) groups excluding carboxylic acids is 3. The highest BCUT2D eigenvalue weighted by molar-refractivity contribution is 8.01. The van der Waals surface area contributed by atoms with Gasteiger partial charge in [-0.25, -0.2) is 4.79 Å². The second-order valence-electron chi connectivity index (χ2n) is 6.52. The molecule has 2 fully saturated rings. The van der Waals surface area contributed by atoms with Crippen molar-refractivity contribution in [3.63, 3.8) is 0 Å². The molecule has 8 heteroatoms. The van der Waals surface area contributed by atoms with Gasteiger partial charge in [-0.1, -0.05) is 0 Å². The number of amides is 2. The van der Waals surface area contributed by atoms with E-state index >= 15 is 0 Å². The predicted octanol–water partition coefficient (Wildman–Crippen LogP) is 1.88. The number of ether oxygens (including phenoxy) is 1. The molecule has 26 heavy (non-hydrogen) atoms. The first-order valence-electron chi connectivity index (χ1n) is 8.32. The highest BCUT2D eigenvalue weighted by Gasteiger charge is 2.53. The zero-order valence-electron chi connectivity index (χ0n) is 14.5. The fraction of sp³-hybridized carbons (Fsp3) is 0.444. The first-order valence-corrected chi connectivity index (χ1v) is 9.30. The summed E-state index contributed by atoms with van der Waals surface area (Å²) in [5.74, 6) is -0.595. The number of fused-ring (bicyclic) bond motifs is 1. The van der Waals surface area contributed by atoms with E-state index in [-0.39, 0.29) is 10.8 Å². The van der Waals surface area contributed by atoms with Crippen molar-refractivity contribution < 1.29 is 19.1 Å². The van der Waals surface area contributed by atoms with Gasteiger partial charge < -0.3 is 15.0 Å². The molecule has 2 amide bonds. The molecule has 3 atom stereocenters. The van der Waals surface area contributed by atoms with Crippen molar-refractivity contribution in [2.75, 3.05) is 11.1 Å². The van der Waals surface area contributed by atoms with Crippen LogP contribution in [0.15, 0.2) is 24.3 Å². The van der Waals surface area contributed by atoms with Crippen LogP contribution in [0.2, 0.25) is 0 Å². The zero-order chi connectivity index (χ0) is 18.9. The largest absolute Gasteiger partial charge is 0.451 e. The molecule has 136 valence electrons. The molecule has 0 saturated carbocycles. The molecule has 3 rings (SSSR count). The molecule has 1 aromatic rings. The van der Waals surface area contributed by atoms with Gasteiger partial charge in [0.05, 0.1) is 16.5 Å². The third-order valence-corrected chi connectivity index (χ3v) is 6.17. The Labute approximate surface area is 155 Å². The molecule has 2 aliphatic rings. The molecule has 0 spiro atoms. The monoisotopic (exact) mass is 373 g/mol. The molecule has 0 unspecified atom stereocenters. The summed E-state index contributed by atoms with van der Waals surface area (Å²) in [6, 6.07) is 7.73. The zero-order valence-corrected chi connectivity index (χ0v) is 15.3. The molecule has 2 heterocycles. The molecule has 2 aliphatic heterocycles. The fourth-order valence-electron chi connectivity index (χ4n) is 3.17. The average Bonchev–Trinajstić information content (AvgIpc) is 3.11. The smallest absolute Gasteiger partial charge is 0.330 e. The number of anilines is 1. The Hall–Kier alpha value is -2.53. The molecular weight excluding hydrogens is 354 g/mol. The Bertz CT molecular complexity index is 789. The fourth-order valence-corrected chi connectivity index (χ4v) is 4.59. The van der Waals surface area contributed by atoms with Gasteiger partial charge >= 0.3 is 5.97 Å². The van der Waals surface area contributed by atoms with Gasteiger partial charge in [-0.15, -0.1) is 11.8 Å². The van der Waals surface area contributed by atoms with Crippen molar-refractivity contribution in [2.45, 2.75) is 43.7 Å². The van der Waals surface area contributed by atoms with Crippen LogP contribution in [0.1, 0.15) is 32.3 Å². The average molecular weight is 373 g/mol. The van der Waals surface area contributed by atoms with Crippen molar-refractivity contribution in [1.82, 2.24) is 4.90 Å². The van der Waals surface area contributed by atoms with Crippen molar-refractivity contribution in [3.8, 4) is 6.07 Å². The van der Waals surface area contributed by atoms with Gasteiger partial charge in [0.1, 0.15) is 6.04 Å². The van der Waals surface area contributed by atoms with Crippen LogP contribution in [-0.2, 0) is 19.1 Å². The van der Waals surface area contributed by atoms with Crippen molar-refractivity contribution >= 4 is 35.2 Å². The van der Waals surface area contributed by atoms with Gasteiger partial charge in [-0.2, -0.15) is 5.26 Å². The van der Waals surface area contributed by atoms with Crippen LogP contribution in [-0.4, -0.2) is 45.5 Å². The second-order valence-corrected chi connectivity index (χ2v) is 8.02. The number of nitrogens with zero attached hydrogens (tertiary/aromatic N) is 2. The summed E-state index contributed by atoms with van der Waals surface area (Å²) < 4.78 is 5.30. The topological polar surface area (TPSA) is 99.5 Å². The SMILES string of the molecule is C[C@H](OC(=O)[C@@H]1CS[C@]2(C)CCC(=O)N12)C(=O)Nc1ccc(C#N)cc1. The maximum absolute atomic E-state index is 12.5. The number of carbonyl (C=O) groups is 3. The van der Waals surface area contributed by atoms with E-state index in [0.717, 1.165) is 6.42 Å². The van der Waals surface area contributed by atoms with Crippen molar-refractivity contribution in [3.05, 3.63) is 29.8 Å². The molecule has 1 aromatic carbocycles. The lowest BCUT2D eigenvalue weighted by atomic mass is 10.2. The highest BCUT2D eigenvalue weighted by atomic mass is 32.2. The van der Waals surface area contributed by atoms with Gasteiger partial charge in [0.2, 0.25) is 5.91 Å². The number of hydrogen-bond acceptors (Lipinski definition) is 6. The van der Waals surface area contributed by atoms with E-state index in [9.17, 15) is 14.4 Å². The first kappa shape index (κ1) is 18.3. The third-order valence-electron chi connectivity index (χ3n) is 4.66. The second kappa shape index (κ2) is 7.00. The van der Waals surface area contributed by atoms with E-state index < -0.39 is 24.0 Å². The number of benzene rings is 1. The number of nitrogens with one attached hydrogen (secondary N) is 1. The van der Waals surface area contributed by atoms with Crippen LogP contribution in [0.4, 0.5) is 5.69 Å². The standard InChI is InChI=1S/C18H19N3O4S/c1-11(16(23)20-13-5-3-12(9-19)4-6-13)25-17(24)14-10-26-18(2)8-7-15(22)21(14)18/h3-6,11,14H,7-8,10H2,1-2H3,(H,20,23)/t11-,14-,18+/m0/s1. The Morgan fingerprint density at radius 2 is 2.12 bits per heavy atom. The van der Waals surface area contributed by atoms with E-state index in [0.29, 0.717) is 23.4 Å². The number of thioether (sulfide) groups is 1. The Balaban J connectivity index is 1.59. The van der Waals surface area contributed by atoms with E-state index in [1.807, 2.05) is 13.0 Å². The molecule has 7 nitrogen and oxygen atoms in total. The summed E-state index contributed by atoms with van der Waals surface area (Å²) in [6.07, 6.45) is 0.157. The Morgan fingerprint density at radius 3 is 2.77 bits per heavy atom. The van der Waals surface area contributed by atoms with Crippen molar-refractivity contribution in [1.29, 1.82) is 5.26 Å². The summed E-state index contributed by atoms with van der Waals surface area (Å²) in [4.78, 5) is 38.1. The van der Waals surface area contributed by atoms with Gasteiger partial charge in [-0.3, -0.25) is 9.59 Å². The summed E-state index contributed by atoms with van der Waals surface area (Å²) >= 11 is 1.57. The van der Waals surface area contributed by atoms with Crippen LogP contribution < -0.4 is 5.32 Å². The maximum Gasteiger partial charge on any atom is 0.330 e. The van der Waals surface area contributed by atoms with Gasteiger partial charge in [0.25, 0.3) is 5.91 Å². The quantitative estimate of drug-likeness (QED) is 0.809. The summed E-state index contributed by atoms with van der Waals surface area (Å²) in [6.45, 7) is 3.45. The van der Waals surface area contributed by atoms with E-state index in [2.05, 4.69) is 5.32 Å². The Morgan fingerprint density at radius 1 is 1.42 bits per heavy atom. The van der Waals surface area contributed by atoms with Gasteiger partial charge in [0, 0.05) is 17.9 Å². The minimum atomic E-state index is -0.993. The minimum Gasteiger partial charge on any atom is -0.451 e. The van der Waals surface area contributed by atoms with Gasteiger partial charge in [0.15, 0.2) is 6.10 Å². The van der Waals surface area contributed by atoms with E-state index in [1.165, 1.54) is 6.92 Å². The predicted molar refractivity (Wildman–Crippen MR) is 96.1 cm³/mol. The highest BCUT2D eigenvalue weighted by Crippen LogP contribution is 2.47. The minimum absolute atomic E-state index is 0.0471. The molecule has 1 N–H and O–H groups in total. The summed E-state index contributed by atoms with van der Waals surface area (Å²) in [5.41, 5.74) is 0.996. The summed E-state index contributed by atoms with van der Waals surface area (Å²) in [5, 5.41) is 11.4. The molecule has 0 radical (unpaired) electrons. The van der Waals surface area contributed by atoms with E-state index in [1.54, 1.807) is 40.9 Å². The van der Waals surface area contributed by atoms with Gasteiger partial charge in [-0.05, 0) is 44.5 Å². The number of nitriles is 1. The molecule has 0 aliphatic carbocycles. The van der Waals surface area contributed by atoms with Crippen molar-refractivity contribution in [2.24, 2.45) is 0 Å². The maximum atomic E-state index is 12.5. The van der Waals surface area contributed by atoms with Crippen LogP contribution >= 0.6 is 11.8 Å². The molecular formula is C18H19N3O4S. The Kier molecular flexibility index (Phi) is 4.92. The lowest BCUT2D eigenvalue weighted by Gasteiger charge is -2.29. The number of rotatable bonds is 4.